The number of aromatic nitrogens is 5. The molecule has 9 heteroatoms. The van der Waals surface area contributed by atoms with E-state index in [4.69, 9.17) is 21.1 Å². The second-order valence-electron chi connectivity index (χ2n) is 7.50. The monoisotopic (exact) mass is 472 g/mol. The molecule has 34 heavy (non-hydrogen) atoms. The van der Waals surface area contributed by atoms with E-state index in [0.717, 1.165) is 50.5 Å². The van der Waals surface area contributed by atoms with Crippen molar-refractivity contribution in [1.82, 2.24) is 25.2 Å². The summed E-state index contributed by atoms with van der Waals surface area (Å²) in [6.07, 6.45) is 5.00. The van der Waals surface area contributed by atoms with Crippen molar-refractivity contribution in [3.63, 3.8) is 0 Å². The Bertz CT molecular complexity index is 1460. The van der Waals surface area contributed by atoms with Gasteiger partial charge >= 0.3 is 0 Å². The number of nitrogens with one attached hydrogen (secondary N) is 1. The second-order valence-corrected chi connectivity index (χ2v) is 7.94. The van der Waals surface area contributed by atoms with Crippen LogP contribution in [0.3, 0.4) is 0 Å². The summed E-state index contributed by atoms with van der Waals surface area (Å²) in [6, 6.07) is 17.4. The molecule has 0 amide bonds. The first kappa shape index (κ1) is 21.7. The number of anilines is 1. The molecule has 0 spiro atoms. The molecule has 2 aromatic heterocycles. The van der Waals surface area contributed by atoms with Crippen molar-refractivity contribution < 1.29 is 9.47 Å². The maximum absolute atomic E-state index is 6.31. The third-order valence-electron chi connectivity index (χ3n) is 5.51. The Balaban J connectivity index is 1.48. The average Bonchev–Trinajstić information content (AvgIpc) is 3.41. The molecular formula is C25H21ClN6O2. The van der Waals surface area contributed by atoms with Gasteiger partial charge in [-0.1, -0.05) is 17.7 Å². The fourth-order valence-electron chi connectivity index (χ4n) is 3.81. The van der Waals surface area contributed by atoms with Gasteiger partial charge in [0.2, 0.25) is 0 Å². The maximum atomic E-state index is 6.31. The Morgan fingerprint density at radius 2 is 1.79 bits per heavy atom. The fourth-order valence-corrected chi connectivity index (χ4v) is 3.98. The summed E-state index contributed by atoms with van der Waals surface area (Å²) in [7, 11) is 3.28. The van der Waals surface area contributed by atoms with Crippen LogP contribution in [0.5, 0.6) is 11.5 Å². The minimum Gasteiger partial charge on any atom is -0.497 e. The molecule has 3 aromatic carbocycles. The van der Waals surface area contributed by atoms with Crippen LogP contribution in [-0.4, -0.2) is 39.4 Å². The van der Waals surface area contributed by atoms with Crippen molar-refractivity contribution in [1.29, 1.82) is 0 Å². The summed E-state index contributed by atoms with van der Waals surface area (Å²) < 4.78 is 10.8. The highest BCUT2D eigenvalue weighted by Gasteiger charge is 2.12. The SMILES string of the molecule is COc1ccc(CNc2cnnc3cc(-c4cc(Cl)ccc4-n4nccn4)ccc23)c(OC)c1. The summed E-state index contributed by atoms with van der Waals surface area (Å²) in [5, 5.41) is 22.1. The molecule has 170 valence electrons. The van der Waals surface area contributed by atoms with Gasteiger partial charge in [0.25, 0.3) is 0 Å². The van der Waals surface area contributed by atoms with Gasteiger partial charge in [-0.2, -0.15) is 25.2 Å². The molecule has 0 atom stereocenters. The summed E-state index contributed by atoms with van der Waals surface area (Å²) in [5.74, 6) is 1.50. The Labute approximate surface area is 201 Å². The molecule has 0 saturated heterocycles. The normalized spacial score (nSPS) is 10.9. The standard InChI is InChI=1S/C25H21ClN6O2/c1-33-19-6-3-17(25(13-19)34-2)14-27-23-15-28-31-22-11-16(4-7-20(22)23)21-12-18(26)5-8-24(21)32-29-9-10-30-32/h3-13,15H,14H2,1-2H3,(H,27,31). The van der Waals surface area contributed by atoms with Crippen molar-refractivity contribution in [2.24, 2.45) is 0 Å². The first-order valence-corrected chi connectivity index (χ1v) is 10.9. The molecule has 2 heterocycles. The van der Waals surface area contributed by atoms with Gasteiger partial charge in [-0.05, 0) is 48.0 Å². The van der Waals surface area contributed by atoms with Crippen molar-refractivity contribution >= 4 is 28.2 Å². The highest BCUT2D eigenvalue weighted by atomic mass is 35.5. The average molecular weight is 473 g/mol. The first-order valence-electron chi connectivity index (χ1n) is 10.5. The Morgan fingerprint density at radius 3 is 2.59 bits per heavy atom. The predicted molar refractivity (Wildman–Crippen MR) is 132 cm³/mol. The molecule has 0 bridgehead atoms. The van der Waals surface area contributed by atoms with Crippen LogP contribution in [0.1, 0.15) is 5.56 Å². The van der Waals surface area contributed by atoms with Gasteiger partial charge in [-0.25, -0.2) is 0 Å². The molecular weight excluding hydrogens is 452 g/mol. The molecule has 0 fully saturated rings. The van der Waals surface area contributed by atoms with E-state index in [9.17, 15) is 0 Å². The van der Waals surface area contributed by atoms with Crippen LogP contribution in [-0.2, 0) is 6.54 Å². The number of hydrogen-bond acceptors (Lipinski definition) is 7. The molecule has 5 rings (SSSR count). The maximum Gasteiger partial charge on any atom is 0.127 e. The van der Waals surface area contributed by atoms with E-state index in [0.29, 0.717) is 11.6 Å². The smallest absolute Gasteiger partial charge is 0.127 e. The van der Waals surface area contributed by atoms with E-state index in [1.807, 2.05) is 54.6 Å². The number of benzene rings is 3. The molecule has 0 radical (unpaired) electrons. The topological polar surface area (TPSA) is 87.0 Å². The van der Waals surface area contributed by atoms with Crippen LogP contribution < -0.4 is 14.8 Å². The third-order valence-corrected chi connectivity index (χ3v) is 5.74. The highest BCUT2D eigenvalue weighted by molar-refractivity contribution is 6.31. The zero-order valence-corrected chi connectivity index (χ0v) is 19.3. The van der Waals surface area contributed by atoms with Crippen molar-refractivity contribution in [3.8, 4) is 28.3 Å². The Morgan fingerprint density at radius 1 is 0.941 bits per heavy atom. The largest absolute Gasteiger partial charge is 0.497 e. The van der Waals surface area contributed by atoms with E-state index < -0.39 is 0 Å². The lowest BCUT2D eigenvalue weighted by Crippen LogP contribution is -2.04. The lowest BCUT2D eigenvalue weighted by Gasteiger charge is -2.14. The van der Waals surface area contributed by atoms with E-state index in [-0.39, 0.29) is 0 Å². The molecule has 0 saturated carbocycles. The lowest BCUT2D eigenvalue weighted by molar-refractivity contribution is 0.391. The zero-order chi connectivity index (χ0) is 23.5. The molecule has 0 aliphatic carbocycles. The van der Waals surface area contributed by atoms with Gasteiger partial charge < -0.3 is 14.8 Å². The van der Waals surface area contributed by atoms with E-state index in [2.05, 4.69) is 25.7 Å². The summed E-state index contributed by atoms with van der Waals surface area (Å²) in [5.41, 5.74) is 5.28. The van der Waals surface area contributed by atoms with Crippen LogP contribution >= 0.6 is 11.6 Å². The van der Waals surface area contributed by atoms with Crippen molar-refractivity contribution in [3.05, 3.63) is 83.8 Å². The highest BCUT2D eigenvalue weighted by Crippen LogP contribution is 2.33. The van der Waals surface area contributed by atoms with Crippen LogP contribution in [0, 0.1) is 0 Å². The molecule has 1 N–H and O–H groups in total. The molecule has 0 unspecified atom stereocenters. The summed E-state index contributed by atoms with van der Waals surface area (Å²) in [4.78, 5) is 1.57. The van der Waals surface area contributed by atoms with Gasteiger partial charge in [0, 0.05) is 34.1 Å². The van der Waals surface area contributed by atoms with Gasteiger partial charge in [-0.3, -0.25) is 0 Å². The van der Waals surface area contributed by atoms with Crippen LogP contribution in [0.4, 0.5) is 5.69 Å². The number of methoxy groups -OCH3 is 2. The van der Waals surface area contributed by atoms with Crippen molar-refractivity contribution in [2.75, 3.05) is 19.5 Å². The fraction of sp³-hybridized carbons (Fsp3) is 0.120. The minimum atomic E-state index is 0.555. The number of fused-ring (bicyclic) bond motifs is 1. The summed E-state index contributed by atoms with van der Waals surface area (Å²) >= 11 is 6.31. The lowest BCUT2D eigenvalue weighted by atomic mass is 10.0. The number of halogens is 1. The number of rotatable bonds is 7. The predicted octanol–water partition coefficient (Wildman–Crippen LogP) is 5.16. The van der Waals surface area contributed by atoms with Gasteiger partial charge in [0.15, 0.2) is 0 Å². The van der Waals surface area contributed by atoms with Crippen LogP contribution in [0.25, 0.3) is 27.7 Å². The van der Waals surface area contributed by atoms with Crippen LogP contribution in [0.2, 0.25) is 5.02 Å². The molecule has 0 aliphatic heterocycles. The number of ether oxygens (including phenoxy) is 2. The molecule has 0 aliphatic rings. The Kier molecular flexibility index (Phi) is 5.97. The molecule has 5 aromatic rings. The zero-order valence-electron chi connectivity index (χ0n) is 18.6. The van der Waals surface area contributed by atoms with Crippen molar-refractivity contribution in [2.45, 2.75) is 6.54 Å². The van der Waals surface area contributed by atoms with E-state index >= 15 is 0 Å². The molecule has 8 nitrogen and oxygen atoms in total. The van der Waals surface area contributed by atoms with Gasteiger partial charge in [-0.15, -0.1) is 0 Å². The van der Waals surface area contributed by atoms with E-state index in [1.54, 1.807) is 37.6 Å². The second kappa shape index (κ2) is 9.36. The third kappa shape index (κ3) is 4.23. The van der Waals surface area contributed by atoms with Crippen LogP contribution in [0.15, 0.2) is 73.2 Å². The minimum absolute atomic E-state index is 0.555. The Hall–Kier alpha value is -4.17. The van der Waals surface area contributed by atoms with Gasteiger partial charge in [0.05, 0.1) is 49.7 Å². The number of hydrogen-bond donors (Lipinski definition) is 1. The first-order chi connectivity index (χ1) is 16.7. The number of nitrogens with zero attached hydrogens (tertiary/aromatic N) is 5. The van der Waals surface area contributed by atoms with Gasteiger partial charge in [0.1, 0.15) is 11.5 Å². The summed E-state index contributed by atoms with van der Waals surface area (Å²) in [6.45, 7) is 0.555. The quantitative estimate of drug-likeness (QED) is 0.350. The van der Waals surface area contributed by atoms with E-state index in [1.165, 1.54) is 0 Å².